The fourth-order valence-electron chi connectivity index (χ4n) is 1.17. The molecule has 1 atom stereocenters. The second-order valence-corrected chi connectivity index (χ2v) is 3.32. The number of rotatable bonds is 4. The molecule has 0 saturated heterocycles. The Bertz CT molecular complexity index is 362. The average molecular weight is 211 g/mol. The first-order chi connectivity index (χ1) is 7.02. The third-order valence-electron chi connectivity index (χ3n) is 1.93. The standard InChI is InChI=1S/C10H13NO4/c1-7(12)6-15-10-5-3-4-9(8(10)2)11(13)14/h3-5,7,12H,6H2,1-2H3/t7-/m1/s1. The van der Waals surface area contributed by atoms with Crippen molar-refractivity contribution in [3.05, 3.63) is 33.9 Å². The number of ether oxygens (including phenoxy) is 1. The summed E-state index contributed by atoms with van der Waals surface area (Å²) >= 11 is 0. The van der Waals surface area contributed by atoms with Crippen molar-refractivity contribution < 1.29 is 14.8 Å². The molecule has 0 fully saturated rings. The molecular weight excluding hydrogens is 198 g/mol. The molecule has 1 rings (SSSR count). The van der Waals surface area contributed by atoms with Gasteiger partial charge in [0, 0.05) is 6.07 Å². The minimum Gasteiger partial charge on any atom is -0.490 e. The van der Waals surface area contributed by atoms with E-state index in [9.17, 15) is 10.1 Å². The number of nitrogens with zero attached hydrogens (tertiary/aromatic N) is 1. The maximum atomic E-state index is 10.6. The van der Waals surface area contributed by atoms with Gasteiger partial charge in [-0.1, -0.05) is 6.07 Å². The third-order valence-corrected chi connectivity index (χ3v) is 1.93. The van der Waals surface area contributed by atoms with E-state index in [1.165, 1.54) is 6.07 Å². The zero-order valence-electron chi connectivity index (χ0n) is 8.64. The predicted octanol–water partition coefficient (Wildman–Crippen LogP) is 1.66. The lowest BCUT2D eigenvalue weighted by molar-refractivity contribution is -0.385. The molecule has 1 aromatic rings. The zero-order valence-corrected chi connectivity index (χ0v) is 8.64. The van der Waals surface area contributed by atoms with Gasteiger partial charge in [0.1, 0.15) is 12.4 Å². The van der Waals surface area contributed by atoms with Gasteiger partial charge >= 0.3 is 0 Å². The SMILES string of the molecule is Cc1c(OC[C@@H](C)O)cccc1[N+](=O)[O-]. The van der Waals surface area contributed by atoms with E-state index in [1.807, 2.05) is 0 Å². The van der Waals surface area contributed by atoms with Crippen LogP contribution >= 0.6 is 0 Å². The van der Waals surface area contributed by atoms with Crippen molar-refractivity contribution in [3.63, 3.8) is 0 Å². The molecule has 82 valence electrons. The summed E-state index contributed by atoms with van der Waals surface area (Å²) in [4.78, 5) is 10.2. The molecule has 0 aliphatic heterocycles. The van der Waals surface area contributed by atoms with E-state index in [0.717, 1.165) is 0 Å². The van der Waals surface area contributed by atoms with Crippen LogP contribution in [-0.2, 0) is 0 Å². The second-order valence-electron chi connectivity index (χ2n) is 3.32. The molecule has 0 amide bonds. The summed E-state index contributed by atoms with van der Waals surface area (Å²) in [7, 11) is 0. The first kappa shape index (κ1) is 11.5. The van der Waals surface area contributed by atoms with Gasteiger partial charge in [-0.15, -0.1) is 0 Å². The molecule has 1 N–H and O–H groups in total. The molecule has 0 heterocycles. The van der Waals surface area contributed by atoms with Crippen LogP contribution in [0.1, 0.15) is 12.5 Å². The van der Waals surface area contributed by atoms with Crippen LogP contribution in [0.25, 0.3) is 0 Å². The van der Waals surface area contributed by atoms with Crippen LogP contribution in [-0.4, -0.2) is 22.7 Å². The summed E-state index contributed by atoms with van der Waals surface area (Å²) < 4.78 is 5.23. The first-order valence-electron chi connectivity index (χ1n) is 4.57. The summed E-state index contributed by atoms with van der Waals surface area (Å²) in [6.45, 7) is 3.34. The fourth-order valence-corrected chi connectivity index (χ4v) is 1.17. The van der Waals surface area contributed by atoms with Crippen molar-refractivity contribution in [2.24, 2.45) is 0 Å². The van der Waals surface area contributed by atoms with Crippen molar-refractivity contribution in [3.8, 4) is 5.75 Å². The summed E-state index contributed by atoms with van der Waals surface area (Å²) in [6, 6.07) is 4.62. The quantitative estimate of drug-likeness (QED) is 0.607. The molecule has 5 nitrogen and oxygen atoms in total. The lowest BCUT2D eigenvalue weighted by atomic mass is 10.2. The average Bonchev–Trinajstić information content (AvgIpc) is 2.15. The molecule has 15 heavy (non-hydrogen) atoms. The van der Waals surface area contributed by atoms with E-state index in [2.05, 4.69) is 0 Å². The largest absolute Gasteiger partial charge is 0.490 e. The zero-order chi connectivity index (χ0) is 11.4. The Balaban J connectivity index is 2.89. The van der Waals surface area contributed by atoms with Crippen LogP contribution in [0, 0.1) is 17.0 Å². The van der Waals surface area contributed by atoms with E-state index in [4.69, 9.17) is 9.84 Å². The van der Waals surface area contributed by atoms with E-state index in [0.29, 0.717) is 11.3 Å². The Morgan fingerprint density at radius 1 is 1.60 bits per heavy atom. The van der Waals surface area contributed by atoms with E-state index in [1.54, 1.807) is 26.0 Å². The second kappa shape index (κ2) is 4.75. The summed E-state index contributed by atoms with van der Waals surface area (Å²) in [5.41, 5.74) is 0.501. The molecule has 0 unspecified atom stereocenters. The summed E-state index contributed by atoms with van der Waals surface area (Å²) in [5, 5.41) is 19.6. The maximum Gasteiger partial charge on any atom is 0.276 e. The Labute approximate surface area is 87.5 Å². The molecule has 0 aromatic heterocycles. The first-order valence-corrected chi connectivity index (χ1v) is 4.57. The highest BCUT2D eigenvalue weighted by Crippen LogP contribution is 2.26. The summed E-state index contributed by atoms with van der Waals surface area (Å²) in [5.74, 6) is 0.435. The highest BCUT2D eigenvalue weighted by atomic mass is 16.6. The minimum atomic E-state index is -0.594. The van der Waals surface area contributed by atoms with Crippen molar-refractivity contribution in [1.82, 2.24) is 0 Å². The van der Waals surface area contributed by atoms with Crippen LogP contribution in [0.15, 0.2) is 18.2 Å². The molecule has 0 saturated carbocycles. The van der Waals surface area contributed by atoms with E-state index < -0.39 is 11.0 Å². The molecule has 0 aliphatic rings. The van der Waals surface area contributed by atoms with E-state index in [-0.39, 0.29) is 12.3 Å². The van der Waals surface area contributed by atoms with Crippen molar-refractivity contribution >= 4 is 5.69 Å². The number of aliphatic hydroxyl groups excluding tert-OH is 1. The van der Waals surface area contributed by atoms with Crippen molar-refractivity contribution in [1.29, 1.82) is 0 Å². The van der Waals surface area contributed by atoms with Crippen LogP contribution < -0.4 is 4.74 Å². The topological polar surface area (TPSA) is 72.6 Å². The fraction of sp³-hybridized carbons (Fsp3) is 0.400. The monoisotopic (exact) mass is 211 g/mol. The van der Waals surface area contributed by atoms with Gasteiger partial charge in [-0.2, -0.15) is 0 Å². The lowest BCUT2D eigenvalue weighted by Crippen LogP contribution is -2.13. The van der Waals surface area contributed by atoms with Crippen molar-refractivity contribution in [2.75, 3.05) is 6.61 Å². The number of nitro benzene ring substituents is 1. The van der Waals surface area contributed by atoms with Crippen LogP contribution in [0.3, 0.4) is 0 Å². The van der Waals surface area contributed by atoms with E-state index >= 15 is 0 Å². The molecule has 0 radical (unpaired) electrons. The smallest absolute Gasteiger partial charge is 0.276 e. The van der Waals surface area contributed by atoms with Crippen LogP contribution in [0.4, 0.5) is 5.69 Å². The molecule has 5 heteroatoms. The number of benzene rings is 1. The predicted molar refractivity (Wildman–Crippen MR) is 55.0 cm³/mol. The van der Waals surface area contributed by atoms with Gasteiger partial charge in [0.2, 0.25) is 0 Å². The Hall–Kier alpha value is -1.62. The van der Waals surface area contributed by atoms with Crippen molar-refractivity contribution in [2.45, 2.75) is 20.0 Å². The van der Waals surface area contributed by atoms with Crippen LogP contribution in [0.2, 0.25) is 0 Å². The van der Waals surface area contributed by atoms with Crippen LogP contribution in [0.5, 0.6) is 5.75 Å². The third kappa shape index (κ3) is 2.92. The normalized spacial score (nSPS) is 12.2. The number of aliphatic hydroxyl groups is 1. The highest BCUT2D eigenvalue weighted by molar-refractivity contribution is 5.48. The maximum absolute atomic E-state index is 10.6. The Morgan fingerprint density at radius 2 is 2.27 bits per heavy atom. The van der Waals surface area contributed by atoms with Gasteiger partial charge in [-0.05, 0) is 19.9 Å². The number of nitro groups is 1. The summed E-state index contributed by atoms with van der Waals surface area (Å²) in [6.07, 6.45) is -0.594. The van der Waals surface area contributed by atoms with Gasteiger partial charge in [0.15, 0.2) is 0 Å². The van der Waals surface area contributed by atoms with Gasteiger partial charge in [-0.3, -0.25) is 10.1 Å². The number of hydrogen-bond acceptors (Lipinski definition) is 4. The molecule has 0 aliphatic carbocycles. The molecule has 1 aromatic carbocycles. The Kier molecular flexibility index (Phi) is 3.62. The lowest BCUT2D eigenvalue weighted by Gasteiger charge is -2.10. The molecule has 0 bridgehead atoms. The van der Waals surface area contributed by atoms with Gasteiger partial charge < -0.3 is 9.84 Å². The minimum absolute atomic E-state index is 0.0260. The van der Waals surface area contributed by atoms with Gasteiger partial charge in [0.05, 0.1) is 16.6 Å². The highest BCUT2D eigenvalue weighted by Gasteiger charge is 2.14. The number of hydrogen-bond donors (Lipinski definition) is 1. The van der Waals surface area contributed by atoms with Gasteiger partial charge in [0.25, 0.3) is 5.69 Å². The molecule has 0 spiro atoms. The van der Waals surface area contributed by atoms with Gasteiger partial charge in [-0.25, -0.2) is 0 Å². The Morgan fingerprint density at radius 3 is 2.80 bits per heavy atom. The molecular formula is C10H13NO4.